The number of aromatic nitrogens is 1. The highest BCUT2D eigenvalue weighted by Gasteiger charge is 2.08. The van der Waals surface area contributed by atoms with Crippen LogP contribution >= 0.6 is 11.3 Å². The van der Waals surface area contributed by atoms with Crippen molar-refractivity contribution in [3.8, 4) is 0 Å². The molecule has 90 valence electrons. The van der Waals surface area contributed by atoms with Gasteiger partial charge in [0, 0.05) is 11.8 Å². The summed E-state index contributed by atoms with van der Waals surface area (Å²) in [5.41, 5.74) is 3.91. The summed E-state index contributed by atoms with van der Waals surface area (Å²) in [4.78, 5) is 4.72. The van der Waals surface area contributed by atoms with E-state index in [4.69, 9.17) is 4.98 Å². The molecule has 0 aliphatic heterocycles. The highest BCUT2D eigenvalue weighted by molar-refractivity contribution is 7.09. The molecule has 1 aromatic heterocycles. The molecule has 2 rings (SSSR count). The van der Waals surface area contributed by atoms with Crippen molar-refractivity contribution in [2.75, 3.05) is 0 Å². The molecule has 0 fully saturated rings. The average molecular weight is 245 g/mol. The summed E-state index contributed by atoms with van der Waals surface area (Å²) in [6, 6.07) is 8.72. The minimum Gasteiger partial charge on any atom is -0.246 e. The van der Waals surface area contributed by atoms with Crippen LogP contribution in [0.3, 0.4) is 0 Å². The number of rotatable bonds is 4. The Morgan fingerprint density at radius 1 is 1.24 bits per heavy atom. The molecule has 0 bridgehead atoms. The number of hydrogen-bond donors (Lipinski definition) is 0. The van der Waals surface area contributed by atoms with Crippen molar-refractivity contribution in [1.29, 1.82) is 0 Å². The van der Waals surface area contributed by atoms with Gasteiger partial charge in [0.05, 0.1) is 10.7 Å². The molecular weight excluding hydrogens is 226 g/mol. The molecule has 0 aliphatic rings. The molecular formula is C15H19NS. The van der Waals surface area contributed by atoms with Gasteiger partial charge in [0.15, 0.2) is 0 Å². The maximum atomic E-state index is 4.72. The number of hydrogen-bond acceptors (Lipinski definition) is 2. The third-order valence-corrected chi connectivity index (χ3v) is 4.03. The summed E-state index contributed by atoms with van der Waals surface area (Å²) in [6.45, 7) is 6.57. The normalized spacial score (nSPS) is 12.6. The number of aryl methyl sites for hydroxylation is 1. The average Bonchev–Trinajstić information content (AvgIpc) is 2.80. The number of nitrogens with zero attached hydrogens (tertiary/aromatic N) is 1. The lowest BCUT2D eigenvalue weighted by atomic mass is 10.1. The standard InChI is InChI=1S/C15H19NS/c1-4-12(3)14-10-17-15(16-14)9-13-7-5-11(2)6-8-13/h5-8,10,12H,4,9H2,1-3H3. The van der Waals surface area contributed by atoms with Gasteiger partial charge in [-0.2, -0.15) is 0 Å². The van der Waals surface area contributed by atoms with Gasteiger partial charge in [-0.25, -0.2) is 4.98 Å². The third kappa shape index (κ3) is 3.16. The molecule has 17 heavy (non-hydrogen) atoms. The van der Waals surface area contributed by atoms with Crippen molar-refractivity contribution in [1.82, 2.24) is 4.98 Å². The van der Waals surface area contributed by atoms with Gasteiger partial charge in [0.1, 0.15) is 0 Å². The zero-order valence-electron chi connectivity index (χ0n) is 10.7. The van der Waals surface area contributed by atoms with Crippen LogP contribution in [-0.2, 0) is 6.42 Å². The van der Waals surface area contributed by atoms with E-state index in [1.54, 1.807) is 11.3 Å². The van der Waals surface area contributed by atoms with Gasteiger partial charge >= 0.3 is 0 Å². The Morgan fingerprint density at radius 2 is 1.94 bits per heavy atom. The van der Waals surface area contributed by atoms with Gasteiger partial charge in [-0.3, -0.25) is 0 Å². The fourth-order valence-corrected chi connectivity index (χ4v) is 2.67. The first-order chi connectivity index (χ1) is 8.19. The molecule has 0 saturated heterocycles. The predicted octanol–water partition coefficient (Wildman–Crippen LogP) is 4.56. The lowest BCUT2D eigenvalue weighted by Crippen LogP contribution is -1.93. The molecule has 0 amide bonds. The van der Waals surface area contributed by atoms with Gasteiger partial charge < -0.3 is 0 Å². The fraction of sp³-hybridized carbons (Fsp3) is 0.400. The molecule has 2 aromatic rings. The van der Waals surface area contributed by atoms with Gasteiger partial charge in [-0.15, -0.1) is 11.3 Å². The van der Waals surface area contributed by atoms with E-state index < -0.39 is 0 Å². The van der Waals surface area contributed by atoms with Crippen LogP contribution in [0.25, 0.3) is 0 Å². The van der Waals surface area contributed by atoms with E-state index in [-0.39, 0.29) is 0 Å². The van der Waals surface area contributed by atoms with Gasteiger partial charge in [-0.1, -0.05) is 43.7 Å². The molecule has 0 saturated carbocycles. The zero-order chi connectivity index (χ0) is 12.3. The second kappa shape index (κ2) is 5.46. The Labute approximate surface area is 108 Å². The second-order valence-electron chi connectivity index (χ2n) is 4.64. The SMILES string of the molecule is CCC(C)c1csc(Cc2ccc(C)cc2)n1. The van der Waals surface area contributed by atoms with E-state index in [2.05, 4.69) is 50.4 Å². The van der Waals surface area contributed by atoms with E-state index >= 15 is 0 Å². The first-order valence-electron chi connectivity index (χ1n) is 6.19. The molecule has 1 aromatic carbocycles. The highest BCUT2D eigenvalue weighted by Crippen LogP contribution is 2.22. The van der Waals surface area contributed by atoms with E-state index in [0.29, 0.717) is 5.92 Å². The smallest absolute Gasteiger partial charge is 0.0972 e. The van der Waals surface area contributed by atoms with Crippen molar-refractivity contribution in [2.45, 2.75) is 39.5 Å². The Hall–Kier alpha value is -1.15. The van der Waals surface area contributed by atoms with Gasteiger partial charge in [0.25, 0.3) is 0 Å². The molecule has 1 atom stereocenters. The van der Waals surface area contributed by atoms with Gasteiger partial charge in [0.2, 0.25) is 0 Å². The summed E-state index contributed by atoms with van der Waals surface area (Å²) in [5.74, 6) is 0.581. The monoisotopic (exact) mass is 245 g/mol. The third-order valence-electron chi connectivity index (χ3n) is 3.16. The highest BCUT2D eigenvalue weighted by atomic mass is 32.1. The van der Waals surface area contributed by atoms with E-state index in [9.17, 15) is 0 Å². The summed E-state index contributed by atoms with van der Waals surface area (Å²) >= 11 is 1.78. The Kier molecular flexibility index (Phi) is 3.95. The molecule has 1 unspecified atom stereocenters. The minimum absolute atomic E-state index is 0.581. The molecule has 0 N–H and O–H groups in total. The first kappa shape index (κ1) is 12.3. The minimum atomic E-state index is 0.581. The van der Waals surface area contributed by atoms with E-state index in [1.807, 2.05) is 0 Å². The van der Waals surface area contributed by atoms with Crippen molar-refractivity contribution in [3.05, 3.63) is 51.5 Å². The van der Waals surface area contributed by atoms with Crippen LogP contribution in [0.5, 0.6) is 0 Å². The molecule has 1 nitrogen and oxygen atoms in total. The van der Waals surface area contributed by atoms with E-state index in [0.717, 1.165) is 12.8 Å². The molecule has 0 spiro atoms. The molecule has 0 aliphatic carbocycles. The lowest BCUT2D eigenvalue weighted by molar-refractivity contribution is 0.710. The van der Waals surface area contributed by atoms with Crippen molar-refractivity contribution in [3.63, 3.8) is 0 Å². The number of thiazole rings is 1. The molecule has 2 heteroatoms. The van der Waals surface area contributed by atoms with Crippen LogP contribution in [0.4, 0.5) is 0 Å². The topological polar surface area (TPSA) is 12.9 Å². The molecule has 0 radical (unpaired) electrons. The fourth-order valence-electron chi connectivity index (χ4n) is 1.72. The summed E-state index contributed by atoms with van der Waals surface area (Å²) in [7, 11) is 0. The predicted molar refractivity (Wildman–Crippen MR) is 74.8 cm³/mol. The van der Waals surface area contributed by atoms with Crippen LogP contribution in [-0.4, -0.2) is 4.98 Å². The van der Waals surface area contributed by atoms with Crippen LogP contribution < -0.4 is 0 Å². The quantitative estimate of drug-likeness (QED) is 0.769. The van der Waals surface area contributed by atoms with Crippen LogP contribution in [0.2, 0.25) is 0 Å². The Balaban J connectivity index is 2.08. The van der Waals surface area contributed by atoms with E-state index in [1.165, 1.54) is 21.8 Å². The van der Waals surface area contributed by atoms with Crippen molar-refractivity contribution >= 4 is 11.3 Å². The summed E-state index contributed by atoms with van der Waals surface area (Å²) < 4.78 is 0. The van der Waals surface area contributed by atoms with Gasteiger partial charge in [-0.05, 0) is 24.8 Å². The summed E-state index contributed by atoms with van der Waals surface area (Å²) in [5, 5.41) is 3.43. The molecule has 1 heterocycles. The van der Waals surface area contributed by atoms with Crippen LogP contribution in [0, 0.1) is 6.92 Å². The number of benzene rings is 1. The lowest BCUT2D eigenvalue weighted by Gasteiger charge is -2.02. The largest absolute Gasteiger partial charge is 0.246 e. The van der Waals surface area contributed by atoms with Crippen LogP contribution in [0.1, 0.15) is 48.0 Å². The Morgan fingerprint density at radius 3 is 2.59 bits per heavy atom. The van der Waals surface area contributed by atoms with Crippen molar-refractivity contribution < 1.29 is 0 Å². The first-order valence-corrected chi connectivity index (χ1v) is 7.07. The second-order valence-corrected chi connectivity index (χ2v) is 5.58. The van der Waals surface area contributed by atoms with Crippen LogP contribution in [0.15, 0.2) is 29.6 Å². The maximum absolute atomic E-state index is 4.72. The zero-order valence-corrected chi connectivity index (χ0v) is 11.6. The maximum Gasteiger partial charge on any atom is 0.0972 e. The van der Waals surface area contributed by atoms with Crippen molar-refractivity contribution in [2.24, 2.45) is 0 Å². The Bertz CT molecular complexity index is 470. The summed E-state index contributed by atoms with van der Waals surface area (Å²) in [6.07, 6.45) is 2.12.